The van der Waals surface area contributed by atoms with Crippen molar-refractivity contribution in [2.75, 3.05) is 17.6 Å². The van der Waals surface area contributed by atoms with Gasteiger partial charge in [-0.05, 0) is 0 Å². The first-order chi connectivity index (χ1) is 8.15. The van der Waals surface area contributed by atoms with E-state index in [1.165, 1.54) is 0 Å². The Balaban J connectivity index is 3.03. The molecule has 0 aromatic heterocycles. The molecule has 0 unspecified atom stereocenters. The van der Waals surface area contributed by atoms with E-state index in [0.717, 1.165) is 0 Å². The molecule has 4 nitrogen and oxygen atoms in total. The van der Waals surface area contributed by atoms with E-state index in [2.05, 4.69) is 5.14 Å². The Hall–Kier alpha value is -1.42. The van der Waals surface area contributed by atoms with Crippen molar-refractivity contribution in [2.45, 2.75) is 0 Å². The Morgan fingerprint density at radius 2 is 1.28 bits per heavy atom. The molecular formula is C8H7F5N2O2S. The molecule has 1 aromatic rings. The van der Waals surface area contributed by atoms with Crippen LogP contribution in [-0.4, -0.2) is 20.7 Å². The monoisotopic (exact) mass is 290 g/mol. The second kappa shape index (κ2) is 5.06. The fourth-order valence-corrected chi connectivity index (χ4v) is 1.46. The van der Waals surface area contributed by atoms with E-state index >= 15 is 0 Å². The number of halogens is 5. The van der Waals surface area contributed by atoms with E-state index in [4.69, 9.17) is 0 Å². The molecule has 1 rings (SSSR count). The van der Waals surface area contributed by atoms with Crippen LogP contribution in [0.3, 0.4) is 0 Å². The summed E-state index contributed by atoms with van der Waals surface area (Å²) in [4.78, 5) is 0. The summed E-state index contributed by atoms with van der Waals surface area (Å²) < 4.78 is 85.2. The highest BCUT2D eigenvalue weighted by molar-refractivity contribution is 7.89. The highest BCUT2D eigenvalue weighted by atomic mass is 32.2. The van der Waals surface area contributed by atoms with Crippen LogP contribution in [-0.2, 0) is 10.0 Å². The standard InChI is InChI=1S/C8H7F5N2O2S/c9-3-4(10)6(12)8(7(13)5(3)11)15-1-2-18(14,16)17/h15H,1-2H2,(H2,14,16,17). The SMILES string of the molecule is NS(=O)(=O)CCNc1c(F)c(F)c(F)c(F)c1F. The van der Waals surface area contributed by atoms with Gasteiger partial charge in [0.2, 0.25) is 15.8 Å². The summed E-state index contributed by atoms with van der Waals surface area (Å²) in [5, 5.41) is 6.39. The topological polar surface area (TPSA) is 72.2 Å². The third-order valence-corrected chi connectivity index (χ3v) is 2.67. The molecule has 3 N–H and O–H groups in total. The Kier molecular flexibility index (Phi) is 4.12. The smallest absolute Gasteiger partial charge is 0.210 e. The molecule has 0 bridgehead atoms. The molecule has 10 heteroatoms. The second-order valence-electron chi connectivity index (χ2n) is 3.24. The predicted molar refractivity (Wildman–Crippen MR) is 52.7 cm³/mol. The molecule has 0 aliphatic rings. The van der Waals surface area contributed by atoms with Crippen molar-refractivity contribution in [2.24, 2.45) is 5.14 Å². The van der Waals surface area contributed by atoms with E-state index in [-0.39, 0.29) is 0 Å². The quantitative estimate of drug-likeness (QED) is 0.495. The van der Waals surface area contributed by atoms with Gasteiger partial charge in [-0.15, -0.1) is 0 Å². The summed E-state index contributed by atoms with van der Waals surface area (Å²) in [6, 6.07) is 0. The number of anilines is 1. The molecule has 0 aliphatic heterocycles. The van der Waals surface area contributed by atoms with Gasteiger partial charge in [0.15, 0.2) is 23.3 Å². The Bertz CT molecular complexity index is 546. The average Bonchev–Trinajstić information content (AvgIpc) is 2.27. The summed E-state index contributed by atoms with van der Waals surface area (Å²) in [6.45, 7) is -0.600. The van der Waals surface area contributed by atoms with Gasteiger partial charge >= 0.3 is 0 Å². The average molecular weight is 290 g/mol. The zero-order valence-corrected chi connectivity index (χ0v) is 9.42. The van der Waals surface area contributed by atoms with Crippen LogP contribution >= 0.6 is 0 Å². The van der Waals surface area contributed by atoms with Gasteiger partial charge in [-0.1, -0.05) is 0 Å². The molecule has 0 saturated heterocycles. The number of rotatable bonds is 4. The molecule has 18 heavy (non-hydrogen) atoms. The van der Waals surface area contributed by atoms with Gasteiger partial charge in [0, 0.05) is 6.54 Å². The first-order valence-electron chi connectivity index (χ1n) is 4.41. The maximum Gasteiger partial charge on any atom is 0.210 e. The minimum atomic E-state index is -3.92. The van der Waals surface area contributed by atoms with Crippen LogP contribution in [0.4, 0.5) is 27.6 Å². The van der Waals surface area contributed by atoms with Crippen molar-refractivity contribution >= 4 is 15.7 Å². The third kappa shape index (κ3) is 3.07. The lowest BCUT2D eigenvalue weighted by molar-refractivity contribution is 0.381. The summed E-state index contributed by atoms with van der Waals surface area (Å²) in [7, 11) is -3.92. The predicted octanol–water partition coefficient (Wildman–Crippen LogP) is 1.08. The van der Waals surface area contributed by atoms with Crippen molar-refractivity contribution in [1.82, 2.24) is 0 Å². The van der Waals surface area contributed by atoms with Crippen LogP contribution in [0.25, 0.3) is 0 Å². The first kappa shape index (κ1) is 14.6. The van der Waals surface area contributed by atoms with Gasteiger partial charge in [-0.3, -0.25) is 0 Å². The molecule has 0 spiro atoms. The fourth-order valence-electron chi connectivity index (χ4n) is 1.08. The number of benzene rings is 1. The molecule has 0 amide bonds. The molecular weight excluding hydrogens is 283 g/mol. The molecule has 0 radical (unpaired) electrons. The number of nitrogens with two attached hydrogens (primary N) is 1. The molecule has 102 valence electrons. The van der Waals surface area contributed by atoms with E-state index in [1.54, 1.807) is 5.32 Å². The summed E-state index contributed by atoms with van der Waals surface area (Å²) in [5.41, 5.74) is -1.30. The highest BCUT2D eigenvalue weighted by Crippen LogP contribution is 2.26. The Morgan fingerprint density at radius 3 is 1.67 bits per heavy atom. The second-order valence-corrected chi connectivity index (χ2v) is 4.97. The van der Waals surface area contributed by atoms with E-state index in [1.807, 2.05) is 0 Å². The van der Waals surface area contributed by atoms with Gasteiger partial charge in [-0.25, -0.2) is 35.5 Å². The summed E-state index contributed by atoms with van der Waals surface area (Å²) in [5.74, 6) is -11.4. The van der Waals surface area contributed by atoms with Gasteiger partial charge in [-0.2, -0.15) is 0 Å². The molecule has 0 aliphatic carbocycles. The summed E-state index contributed by atoms with van der Waals surface area (Å²) >= 11 is 0. The summed E-state index contributed by atoms with van der Waals surface area (Å²) in [6.07, 6.45) is 0. The minimum Gasteiger partial charge on any atom is -0.379 e. The fraction of sp³-hybridized carbons (Fsp3) is 0.250. The van der Waals surface area contributed by atoms with Crippen LogP contribution in [0.5, 0.6) is 0 Å². The van der Waals surface area contributed by atoms with Crippen LogP contribution in [0.1, 0.15) is 0 Å². The molecule has 0 atom stereocenters. The van der Waals surface area contributed by atoms with Gasteiger partial charge in [0.25, 0.3) is 0 Å². The maximum absolute atomic E-state index is 13.1. The van der Waals surface area contributed by atoms with Crippen LogP contribution in [0, 0.1) is 29.1 Å². The van der Waals surface area contributed by atoms with Crippen molar-refractivity contribution < 1.29 is 30.4 Å². The number of hydrogen-bond acceptors (Lipinski definition) is 3. The van der Waals surface area contributed by atoms with E-state index in [9.17, 15) is 30.4 Å². The molecule has 0 fully saturated rings. The van der Waals surface area contributed by atoms with Crippen LogP contribution in [0.15, 0.2) is 0 Å². The lowest BCUT2D eigenvalue weighted by Gasteiger charge is -2.10. The van der Waals surface area contributed by atoms with Gasteiger partial charge in [0.1, 0.15) is 5.69 Å². The third-order valence-electron chi connectivity index (χ3n) is 1.90. The normalized spacial score (nSPS) is 11.7. The Labute approximate surface area is 98.6 Å². The Morgan fingerprint density at radius 1 is 0.889 bits per heavy atom. The van der Waals surface area contributed by atoms with Crippen LogP contribution in [0.2, 0.25) is 0 Å². The van der Waals surface area contributed by atoms with Crippen molar-refractivity contribution in [3.63, 3.8) is 0 Å². The maximum atomic E-state index is 13.1. The van der Waals surface area contributed by atoms with Crippen molar-refractivity contribution in [3.8, 4) is 0 Å². The lowest BCUT2D eigenvalue weighted by atomic mass is 10.2. The largest absolute Gasteiger partial charge is 0.379 e. The van der Waals surface area contributed by atoms with E-state index in [0.29, 0.717) is 0 Å². The van der Waals surface area contributed by atoms with Gasteiger partial charge in [0.05, 0.1) is 5.75 Å². The number of nitrogens with one attached hydrogen (secondary N) is 1. The molecule has 0 saturated carbocycles. The molecule has 0 heterocycles. The van der Waals surface area contributed by atoms with Crippen molar-refractivity contribution in [1.29, 1.82) is 0 Å². The molecule has 1 aromatic carbocycles. The zero-order valence-electron chi connectivity index (χ0n) is 8.61. The zero-order chi connectivity index (χ0) is 14.1. The van der Waals surface area contributed by atoms with Crippen LogP contribution < -0.4 is 10.5 Å². The number of hydrogen-bond donors (Lipinski definition) is 2. The van der Waals surface area contributed by atoms with Crippen molar-refractivity contribution in [3.05, 3.63) is 29.1 Å². The van der Waals surface area contributed by atoms with E-state index < -0.39 is 57.1 Å². The van der Waals surface area contributed by atoms with Gasteiger partial charge < -0.3 is 5.32 Å². The number of primary sulfonamides is 1. The minimum absolute atomic E-state index is 0.600. The first-order valence-corrected chi connectivity index (χ1v) is 6.12. The lowest BCUT2D eigenvalue weighted by Crippen LogP contribution is -2.23. The number of sulfonamides is 1. The highest BCUT2D eigenvalue weighted by Gasteiger charge is 2.25.